The van der Waals surface area contributed by atoms with E-state index in [-0.39, 0.29) is 24.1 Å². The fourth-order valence-electron chi connectivity index (χ4n) is 4.26. The van der Waals surface area contributed by atoms with E-state index in [1.165, 1.54) is 11.3 Å². The smallest absolute Gasteiger partial charge is 0.344 e. The van der Waals surface area contributed by atoms with Crippen molar-refractivity contribution < 1.29 is 14.3 Å². The largest absolute Gasteiger partial charge is 0.462 e. The molecular weight excluding hydrogens is 448 g/mol. The zero-order valence-electron chi connectivity index (χ0n) is 19.8. The van der Waals surface area contributed by atoms with E-state index in [1.807, 2.05) is 40.3 Å². The van der Waals surface area contributed by atoms with Crippen molar-refractivity contribution in [3.05, 3.63) is 52.2 Å². The van der Waals surface area contributed by atoms with E-state index >= 15 is 0 Å². The highest BCUT2D eigenvalue weighted by Gasteiger charge is 2.30. The number of hydrogen-bond acceptors (Lipinski definition) is 6. The number of ether oxygens (including phenoxy) is 1. The maximum atomic E-state index is 13.2. The van der Waals surface area contributed by atoms with Gasteiger partial charge in [-0.2, -0.15) is 0 Å². The molecule has 1 N–H and O–H groups in total. The van der Waals surface area contributed by atoms with Crippen molar-refractivity contribution in [1.29, 1.82) is 0 Å². The number of carbonyl (C=O) groups excluding carboxylic acids is 2. The lowest BCUT2D eigenvalue weighted by Crippen LogP contribution is -2.20. The summed E-state index contributed by atoms with van der Waals surface area (Å²) in [6.07, 6.45) is 5.01. The van der Waals surface area contributed by atoms with Crippen LogP contribution in [0.5, 0.6) is 0 Å². The number of fused-ring (bicyclic) bond motifs is 2. The molecule has 3 aromatic heterocycles. The molecule has 1 amide bonds. The number of amides is 1. The number of benzene rings is 1. The molecule has 0 bridgehead atoms. The summed E-state index contributed by atoms with van der Waals surface area (Å²) in [5, 5.41) is 4.88. The van der Waals surface area contributed by atoms with Gasteiger partial charge in [0.15, 0.2) is 5.65 Å². The molecule has 7 nitrogen and oxygen atoms in total. The maximum absolute atomic E-state index is 13.2. The summed E-state index contributed by atoms with van der Waals surface area (Å²) in [4.78, 5) is 36.6. The van der Waals surface area contributed by atoms with Gasteiger partial charge in [0.05, 0.1) is 22.5 Å². The number of carbonyl (C=O) groups is 2. The van der Waals surface area contributed by atoms with Crippen LogP contribution in [0.3, 0.4) is 0 Å². The predicted octanol–water partition coefficient (Wildman–Crippen LogP) is 6.61. The highest BCUT2D eigenvalue weighted by molar-refractivity contribution is 7.12. The van der Waals surface area contributed by atoms with Gasteiger partial charge in [0, 0.05) is 6.04 Å². The monoisotopic (exact) mass is 478 g/mol. The van der Waals surface area contributed by atoms with Crippen molar-refractivity contribution in [2.75, 3.05) is 11.9 Å². The van der Waals surface area contributed by atoms with Gasteiger partial charge < -0.3 is 14.6 Å². The number of nitrogens with one attached hydrogen (secondary N) is 1. The van der Waals surface area contributed by atoms with Crippen molar-refractivity contribution >= 4 is 51.2 Å². The van der Waals surface area contributed by atoms with Crippen molar-refractivity contribution in [2.45, 2.75) is 58.9 Å². The number of hydrogen-bond donors (Lipinski definition) is 1. The molecule has 4 rings (SSSR count). The normalized spacial score (nSPS) is 12.2. The third kappa shape index (κ3) is 4.68. The number of nitrogens with zero attached hydrogens (tertiary/aromatic N) is 3. The number of para-hydroxylation sites is 2. The van der Waals surface area contributed by atoms with Crippen molar-refractivity contribution in [1.82, 2.24) is 14.5 Å². The van der Waals surface area contributed by atoms with Crippen LogP contribution in [-0.4, -0.2) is 33.0 Å². The molecule has 1 atom stereocenters. The van der Waals surface area contributed by atoms with E-state index in [0.29, 0.717) is 27.4 Å². The molecule has 0 saturated carbocycles. The Morgan fingerprint density at radius 2 is 1.82 bits per heavy atom. The van der Waals surface area contributed by atoms with Gasteiger partial charge in [-0.3, -0.25) is 4.79 Å². The molecule has 0 saturated heterocycles. The Bertz CT molecular complexity index is 1300. The molecule has 0 fully saturated rings. The lowest BCUT2D eigenvalue weighted by molar-refractivity contribution is 0.0529. The van der Waals surface area contributed by atoms with Gasteiger partial charge in [0.25, 0.3) is 5.91 Å². The fraction of sp³-hybridized carbons (Fsp3) is 0.385. The van der Waals surface area contributed by atoms with E-state index in [1.54, 1.807) is 13.0 Å². The van der Waals surface area contributed by atoms with Crippen LogP contribution >= 0.6 is 11.3 Å². The second-order valence-electron chi connectivity index (χ2n) is 8.19. The Hall–Kier alpha value is -3.26. The molecule has 34 heavy (non-hydrogen) atoms. The average Bonchev–Trinajstić information content (AvgIpc) is 3.48. The van der Waals surface area contributed by atoms with E-state index < -0.39 is 5.97 Å². The van der Waals surface area contributed by atoms with Gasteiger partial charge in [-0.25, -0.2) is 14.8 Å². The van der Waals surface area contributed by atoms with Gasteiger partial charge in [0.2, 0.25) is 0 Å². The van der Waals surface area contributed by atoms with E-state index in [2.05, 4.69) is 19.2 Å². The molecule has 0 radical (unpaired) electrons. The minimum Gasteiger partial charge on any atom is -0.462 e. The fourth-order valence-corrected chi connectivity index (χ4v) is 4.88. The Balaban J connectivity index is 1.97. The first-order valence-corrected chi connectivity index (χ1v) is 12.8. The SMILES string of the molecule is CCCCC[C@@H](CC)n1c(NC(=O)c2cccs2)c(C(=O)OCC)c2nc3ccccc3nc21. The molecule has 0 spiro atoms. The van der Waals surface area contributed by atoms with Crippen LogP contribution < -0.4 is 5.32 Å². The minimum atomic E-state index is -0.513. The van der Waals surface area contributed by atoms with Crippen LogP contribution in [0.2, 0.25) is 0 Å². The lowest BCUT2D eigenvalue weighted by atomic mass is 10.1. The number of esters is 1. The summed E-state index contributed by atoms with van der Waals surface area (Å²) >= 11 is 1.35. The summed E-state index contributed by atoms with van der Waals surface area (Å²) in [5.41, 5.74) is 2.73. The third-order valence-electron chi connectivity index (χ3n) is 5.93. The van der Waals surface area contributed by atoms with Crippen molar-refractivity contribution in [3.8, 4) is 0 Å². The predicted molar refractivity (Wildman–Crippen MR) is 137 cm³/mol. The number of thiophene rings is 1. The van der Waals surface area contributed by atoms with Crippen LogP contribution in [0.25, 0.3) is 22.2 Å². The van der Waals surface area contributed by atoms with Crippen molar-refractivity contribution in [3.63, 3.8) is 0 Å². The molecule has 3 heterocycles. The molecule has 0 aliphatic heterocycles. The second kappa shape index (κ2) is 10.8. The van der Waals surface area contributed by atoms with E-state index in [9.17, 15) is 9.59 Å². The Labute approximate surface area is 203 Å². The molecule has 0 aliphatic carbocycles. The number of unbranched alkanes of at least 4 members (excludes halogenated alkanes) is 2. The van der Waals surface area contributed by atoms with Crippen molar-refractivity contribution in [2.24, 2.45) is 0 Å². The first-order valence-electron chi connectivity index (χ1n) is 11.9. The lowest BCUT2D eigenvalue weighted by Gasteiger charge is -2.21. The topological polar surface area (TPSA) is 86.1 Å². The molecule has 178 valence electrons. The molecular formula is C26H30N4O3S. The van der Waals surface area contributed by atoms with Crippen LogP contribution in [0.4, 0.5) is 5.82 Å². The Morgan fingerprint density at radius 1 is 1.06 bits per heavy atom. The quantitative estimate of drug-likeness (QED) is 0.205. The van der Waals surface area contributed by atoms with Gasteiger partial charge >= 0.3 is 5.97 Å². The minimum absolute atomic E-state index is 0.0475. The molecule has 0 unspecified atom stereocenters. The highest BCUT2D eigenvalue weighted by atomic mass is 32.1. The summed E-state index contributed by atoms with van der Waals surface area (Å²) in [5.74, 6) is -0.371. The molecule has 1 aromatic carbocycles. The summed E-state index contributed by atoms with van der Waals surface area (Å²) < 4.78 is 7.42. The second-order valence-corrected chi connectivity index (χ2v) is 9.14. The van der Waals surface area contributed by atoms with Gasteiger partial charge in [-0.05, 0) is 43.3 Å². The first-order chi connectivity index (χ1) is 16.6. The Morgan fingerprint density at radius 3 is 2.47 bits per heavy atom. The van der Waals surface area contributed by atoms with Gasteiger partial charge in [0.1, 0.15) is 16.9 Å². The molecule has 0 aliphatic rings. The van der Waals surface area contributed by atoms with Crippen LogP contribution in [0.1, 0.15) is 78.9 Å². The first kappa shape index (κ1) is 23.9. The average molecular weight is 479 g/mol. The van der Waals surface area contributed by atoms with E-state index in [4.69, 9.17) is 14.7 Å². The summed E-state index contributed by atoms with van der Waals surface area (Å²) in [7, 11) is 0. The molecule has 4 aromatic rings. The van der Waals surface area contributed by atoms with E-state index in [0.717, 1.165) is 37.6 Å². The summed E-state index contributed by atoms with van der Waals surface area (Å²) in [6.45, 7) is 6.28. The highest BCUT2D eigenvalue weighted by Crippen LogP contribution is 2.36. The number of anilines is 1. The van der Waals surface area contributed by atoms with Gasteiger partial charge in [-0.15, -0.1) is 11.3 Å². The standard InChI is InChI=1S/C26H30N4O3S/c1-4-7-8-12-17(5-2)30-23(29-25(31)20-15-11-16-34-20)21(26(32)33-6-3)22-24(30)28-19-14-10-9-13-18(19)27-22/h9-11,13-17H,4-8,12H2,1-3H3,(H,29,31)/t17-/m1/s1. The Kier molecular flexibility index (Phi) is 7.57. The number of rotatable bonds is 10. The number of aromatic nitrogens is 3. The van der Waals surface area contributed by atoms with Crippen LogP contribution in [0.15, 0.2) is 41.8 Å². The summed E-state index contributed by atoms with van der Waals surface area (Å²) in [6, 6.07) is 11.2. The molecule has 8 heteroatoms. The zero-order chi connectivity index (χ0) is 24.1. The van der Waals surface area contributed by atoms with Gasteiger partial charge in [-0.1, -0.05) is 51.3 Å². The zero-order valence-corrected chi connectivity index (χ0v) is 20.7. The van der Waals surface area contributed by atoms with Crippen LogP contribution in [-0.2, 0) is 4.74 Å². The third-order valence-corrected chi connectivity index (χ3v) is 6.80. The van der Waals surface area contributed by atoms with Crippen LogP contribution in [0, 0.1) is 0 Å². The maximum Gasteiger partial charge on any atom is 0.344 e.